The van der Waals surface area contributed by atoms with Gasteiger partial charge in [0.05, 0.1) is 0 Å². The van der Waals surface area contributed by atoms with Gasteiger partial charge in [-0.05, 0) is 39.0 Å². The van der Waals surface area contributed by atoms with E-state index in [0.29, 0.717) is 5.54 Å². The Bertz CT molecular complexity index is 211. The lowest BCUT2D eigenvalue weighted by molar-refractivity contribution is -0.156. The molecule has 80 valence electrons. The molecule has 2 bridgehead atoms. The summed E-state index contributed by atoms with van der Waals surface area (Å²) in [5.41, 5.74) is 0.716. The second-order valence-electron chi connectivity index (χ2n) is 5.82. The standard InChI is InChI=1S/C12H22N2/c1-10(2)13-3-5-14(6-4-13)12-7-11(8-12)9-12/h10-11H,3-9H2,1-2H3. The van der Waals surface area contributed by atoms with E-state index in [9.17, 15) is 0 Å². The van der Waals surface area contributed by atoms with E-state index in [0.717, 1.165) is 12.0 Å². The van der Waals surface area contributed by atoms with Crippen LogP contribution in [-0.4, -0.2) is 47.6 Å². The second-order valence-corrected chi connectivity index (χ2v) is 5.82. The first-order chi connectivity index (χ1) is 6.70. The average Bonchev–Trinajstić information content (AvgIpc) is 1.99. The minimum Gasteiger partial charge on any atom is -0.298 e. The molecular weight excluding hydrogens is 172 g/mol. The van der Waals surface area contributed by atoms with E-state index in [-0.39, 0.29) is 0 Å². The number of rotatable bonds is 2. The largest absolute Gasteiger partial charge is 0.298 e. The fraction of sp³-hybridized carbons (Fsp3) is 1.00. The molecule has 2 nitrogen and oxygen atoms in total. The predicted molar refractivity (Wildman–Crippen MR) is 58.4 cm³/mol. The Morgan fingerprint density at radius 3 is 1.93 bits per heavy atom. The van der Waals surface area contributed by atoms with E-state index >= 15 is 0 Å². The van der Waals surface area contributed by atoms with Gasteiger partial charge in [-0.2, -0.15) is 0 Å². The van der Waals surface area contributed by atoms with Gasteiger partial charge in [0.2, 0.25) is 0 Å². The SMILES string of the molecule is CC(C)N1CCN(C23CC(C2)C3)CC1. The molecule has 1 aliphatic heterocycles. The van der Waals surface area contributed by atoms with Gasteiger partial charge in [0, 0.05) is 37.8 Å². The molecule has 0 aromatic carbocycles. The zero-order chi connectivity index (χ0) is 9.76. The molecule has 0 atom stereocenters. The van der Waals surface area contributed by atoms with E-state index in [1.54, 1.807) is 0 Å². The quantitative estimate of drug-likeness (QED) is 0.658. The summed E-state index contributed by atoms with van der Waals surface area (Å²) in [6.07, 6.45) is 4.57. The molecule has 3 saturated carbocycles. The minimum atomic E-state index is 0.716. The Morgan fingerprint density at radius 2 is 1.57 bits per heavy atom. The Morgan fingerprint density at radius 1 is 1.00 bits per heavy atom. The van der Waals surface area contributed by atoms with Crippen LogP contribution in [0.5, 0.6) is 0 Å². The Labute approximate surface area is 87.3 Å². The Balaban J connectivity index is 1.55. The fourth-order valence-corrected chi connectivity index (χ4v) is 3.53. The highest BCUT2D eigenvalue weighted by atomic mass is 15.3. The van der Waals surface area contributed by atoms with Crippen molar-refractivity contribution in [1.29, 1.82) is 0 Å². The van der Waals surface area contributed by atoms with Gasteiger partial charge in [0.15, 0.2) is 0 Å². The van der Waals surface area contributed by atoms with Gasteiger partial charge in [-0.1, -0.05) is 0 Å². The van der Waals surface area contributed by atoms with Gasteiger partial charge in [-0.15, -0.1) is 0 Å². The fourth-order valence-electron chi connectivity index (χ4n) is 3.53. The first-order valence-electron chi connectivity index (χ1n) is 6.19. The van der Waals surface area contributed by atoms with Gasteiger partial charge in [0.1, 0.15) is 0 Å². The molecule has 1 saturated heterocycles. The Hall–Kier alpha value is -0.0800. The van der Waals surface area contributed by atoms with E-state index in [1.807, 2.05) is 0 Å². The summed E-state index contributed by atoms with van der Waals surface area (Å²) >= 11 is 0. The van der Waals surface area contributed by atoms with E-state index < -0.39 is 0 Å². The third kappa shape index (κ3) is 1.17. The van der Waals surface area contributed by atoms with E-state index in [4.69, 9.17) is 0 Å². The molecule has 0 radical (unpaired) electrons. The van der Waals surface area contributed by atoms with Crippen LogP contribution in [0, 0.1) is 5.92 Å². The lowest BCUT2D eigenvalue weighted by atomic mass is 9.49. The highest BCUT2D eigenvalue weighted by Crippen LogP contribution is 2.60. The maximum absolute atomic E-state index is 2.78. The summed E-state index contributed by atoms with van der Waals surface area (Å²) in [5, 5.41) is 0. The van der Waals surface area contributed by atoms with Crippen LogP contribution in [0.25, 0.3) is 0 Å². The molecular formula is C12H22N2. The maximum atomic E-state index is 2.78. The van der Waals surface area contributed by atoms with Crippen molar-refractivity contribution in [2.24, 2.45) is 5.92 Å². The normalized spacial score (nSPS) is 43.5. The van der Waals surface area contributed by atoms with Crippen molar-refractivity contribution in [3.8, 4) is 0 Å². The zero-order valence-corrected chi connectivity index (χ0v) is 9.50. The zero-order valence-electron chi connectivity index (χ0n) is 9.50. The lowest BCUT2D eigenvalue weighted by Gasteiger charge is -2.67. The molecule has 0 N–H and O–H groups in total. The number of piperazine rings is 1. The van der Waals surface area contributed by atoms with E-state index in [1.165, 1.54) is 45.4 Å². The van der Waals surface area contributed by atoms with Crippen molar-refractivity contribution in [2.45, 2.75) is 44.7 Å². The van der Waals surface area contributed by atoms with Crippen LogP contribution < -0.4 is 0 Å². The molecule has 4 rings (SSSR count). The molecule has 3 aliphatic carbocycles. The molecule has 0 aromatic rings. The Kier molecular flexibility index (Phi) is 1.94. The summed E-state index contributed by atoms with van der Waals surface area (Å²) in [6.45, 7) is 9.87. The van der Waals surface area contributed by atoms with Gasteiger partial charge < -0.3 is 0 Å². The van der Waals surface area contributed by atoms with Crippen LogP contribution in [0.15, 0.2) is 0 Å². The first-order valence-corrected chi connectivity index (χ1v) is 6.19. The van der Waals surface area contributed by atoms with Gasteiger partial charge in [-0.25, -0.2) is 0 Å². The molecule has 2 heteroatoms. The smallest absolute Gasteiger partial charge is 0.0218 e. The van der Waals surface area contributed by atoms with E-state index in [2.05, 4.69) is 23.6 Å². The molecule has 4 aliphatic rings. The van der Waals surface area contributed by atoms with Crippen molar-refractivity contribution in [2.75, 3.05) is 26.2 Å². The number of hydrogen-bond donors (Lipinski definition) is 0. The van der Waals surface area contributed by atoms with Crippen LogP contribution in [0.2, 0.25) is 0 Å². The topological polar surface area (TPSA) is 6.48 Å². The predicted octanol–water partition coefficient (Wildman–Crippen LogP) is 1.56. The molecule has 14 heavy (non-hydrogen) atoms. The van der Waals surface area contributed by atoms with Gasteiger partial charge >= 0.3 is 0 Å². The van der Waals surface area contributed by atoms with Crippen LogP contribution in [-0.2, 0) is 0 Å². The van der Waals surface area contributed by atoms with Crippen molar-refractivity contribution in [3.63, 3.8) is 0 Å². The lowest BCUT2D eigenvalue weighted by Crippen LogP contribution is -2.71. The minimum absolute atomic E-state index is 0.716. The highest BCUT2D eigenvalue weighted by molar-refractivity contribution is 5.15. The van der Waals surface area contributed by atoms with Crippen LogP contribution in [0.1, 0.15) is 33.1 Å². The van der Waals surface area contributed by atoms with Crippen molar-refractivity contribution in [3.05, 3.63) is 0 Å². The summed E-state index contributed by atoms with van der Waals surface area (Å²) in [5.74, 6) is 1.12. The third-order valence-electron chi connectivity index (χ3n) is 4.72. The van der Waals surface area contributed by atoms with Crippen molar-refractivity contribution in [1.82, 2.24) is 9.80 Å². The summed E-state index contributed by atoms with van der Waals surface area (Å²) in [4.78, 5) is 5.40. The molecule has 0 aromatic heterocycles. The van der Waals surface area contributed by atoms with Crippen LogP contribution >= 0.6 is 0 Å². The highest BCUT2D eigenvalue weighted by Gasteiger charge is 2.59. The van der Waals surface area contributed by atoms with Gasteiger partial charge in [-0.3, -0.25) is 9.80 Å². The summed E-state index contributed by atoms with van der Waals surface area (Å²) in [7, 11) is 0. The number of nitrogens with zero attached hydrogens (tertiary/aromatic N) is 2. The van der Waals surface area contributed by atoms with Gasteiger partial charge in [0.25, 0.3) is 0 Å². The molecule has 1 heterocycles. The first kappa shape index (κ1) is 9.17. The summed E-state index contributed by atoms with van der Waals surface area (Å²) in [6, 6.07) is 0.741. The third-order valence-corrected chi connectivity index (χ3v) is 4.72. The molecule has 4 fully saturated rings. The summed E-state index contributed by atoms with van der Waals surface area (Å²) < 4.78 is 0. The average molecular weight is 194 g/mol. The van der Waals surface area contributed by atoms with Crippen molar-refractivity contribution < 1.29 is 0 Å². The van der Waals surface area contributed by atoms with Crippen LogP contribution in [0.4, 0.5) is 0 Å². The monoisotopic (exact) mass is 194 g/mol. The maximum Gasteiger partial charge on any atom is 0.0218 e. The van der Waals surface area contributed by atoms with Crippen molar-refractivity contribution >= 4 is 0 Å². The number of hydrogen-bond acceptors (Lipinski definition) is 2. The molecule has 0 spiro atoms. The second kappa shape index (κ2) is 2.96. The molecule has 0 unspecified atom stereocenters. The molecule has 0 amide bonds. The van der Waals surface area contributed by atoms with Crippen LogP contribution in [0.3, 0.4) is 0 Å².